The Balaban J connectivity index is 1.88. The molecular formula is C13H11ClN2O2S2. The summed E-state index contributed by atoms with van der Waals surface area (Å²) in [4.78, 5) is 16.7. The standard InChI is InChI=1S/C13H11ClN2O2S2/c1-18-12(17)3-2-9-7-20-13-15-10(5-16(9)13)8-4-11(14)19-6-8/h4-7H,2-3H2,1H3. The molecule has 0 amide bonds. The molecule has 0 saturated carbocycles. The molecule has 0 bridgehead atoms. The van der Waals surface area contributed by atoms with Gasteiger partial charge in [0.1, 0.15) is 0 Å². The van der Waals surface area contributed by atoms with Gasteiger partial charge >= 0.3 is 5.97 Å². The number of thiophene rings is 1. The monoisotopic (exact) mass is 326 g/mol. The Morgan fingerprint density at radius 2 is 2.30 bits per heavy atom. The third-order valence-corrected chi connectivity index (χ3v) is 4.94. The van der Waals surface area contributed by atoms with Crippen LogP contribution in [-0.4, -0.2) is 22.5 Å². The van der Waals surface area contributed by atoms with Crippen molar-refractivity contribution in [2.45, 2.75) is 12.8 Å². The fraction of sp³-hybridized carbons (Fsp3) is 0.231. The number of imidazole rings is 1. The lowest BCUT2D eigenvalue weighted by atomic mass is 10.2. The summed E-state index contributed by atoms with van der Waals surface area (Å²) < 4.78 is 7.44. The number of halogens is 1. The maximum atomic E-state index is 11.2. The van der Waals surface area contributed by atoms with E-state index in [9.17, 15) is 4.79 Å². The Hall–Kier alpha value is -1.37. The van der Waals surface area contributed by atoms with E-state index >= 15 is 0 Å². The van der Waals surface area contributed by atoms with E-state index in [1.807, 2.05) is 27.4 Å². The van der Waals surface area contributed by atoms with Gasteiger partial charge in [-0.15, -0.1) is 22.7 Å². The minimum absolute atomic E-state index is 0.200. The number of esters is 1. The normalized spacial score (nSPS) is 11.1. The van der Waals surface area contributed by atoms with Crippen molar-refractivity contribution in [1.29, 1.82) is 0 Å². The smallest absolute Gasteiger partial charge is 0.305 e. The zero-order valence-corrected chi connectivity index (χ0v) is 13.0. The van der Waals surface area contributed by atoms with Crippen molar-refractivity contribution in [3.8, 4) is 11.3 Å². The summed E-state index contributed by atoms with van der Waals surface area (Å²) in [5, 5.41) is 4.01. The predicted molar refractivity (Wildman–Crippen MR) is 81.7 cm³/mol. The maximum absolute atomic E-state index is 11.2. The fourth-order valence-corrected chi connectivity index (χ4v) is 3.71. The molecule has 104 valence electrons. The van der Waals surface area contributed by atoms with Crippen LogP contribution >= 0.6 is 34.3 Å². The Morgan fingerprint density at radius 3 is 3.00 bits per heavy atom. The van der Waals surface area contributed by atoms with E-state index in [0.29, 0.717) is 12.8 Å². The van der Waals surface area contributed by atoms with Gasteiger partial charge in [-0.1, -0.05) is 11.6 Å². The van der Waals surface area contributed by atoms with E-state index < -0.39 is 0 Å². The van der Waals surface area contributed by atoms with Crippen molar-refractivity contribution >= 4 is 45.2 Å². The van der Waals surface area contributed by atoms with E-state index in [2.05, 4.69) is 9.72 Å². The van der Waals surface area contributed by atoms with E-state index in [0.717, 1.165) is 26.2 Å². The van der Waals surface area contributed by atoms with Crippen LogP contribution in [0.15, 0.2) is 23.0 Å². The van der Waals surface area contributed by atoms with Crippen molar-refractivity contribution in [3.05, 3.63) is 33.1 Å². The minimum Gasteiger partial charge on any atom is -0.469 e. The number of methoxy groups -OCH3 is 1. The van der Waals surface area contributed by atoms with Gasteiger partial charge in [-0.3, -0.25) is 9.20 Å². The van der Waals surface area contributed by atoms with Crippen LogP contribution < -0.4 is 0 Å². The lowest BCUT2D eigenvalue weighted by Crippen LogP contribution is -2.02. The topological polar surface area (TPSA) is 43.6 Å². The summed E-state index contributed by atoms with van der Waals surface area (Å²) in [6, 6.07) is 1.91. The molecule has 0 aliphatic carbocycles. The molecule has 0 N–H and O–H groups in total. The van der Waals surface area contributed by atoms with E-state index in [-0.39, 0.29) is 5.97 Å². The average Bonchev–Trinajstić information content (AvgIpc) is 3.11. The number of carbonyl (C=O) groups excluding carboxylic acids is 1. The van der Waals surface area contributed by atoms with Crippen LogP contribution in [0.3, 0.4) is 0 Å². The summed E-state index contributed by atoms with van der Waals surface area (Å²) in [6.45, 7) is 0. The van der Waals surface area contributed by atoms with Gasteiger partial charge in [0.25, 0.3) is 0 Å². The molecule has 0 radical (unpaired) electrons. The number of aromatic nitrogens is 2. The molecular weight excluding hydrogens is 316 g/mol. The lowest BCUT2D eigenvalue weighted by molar-refractivity contribution is -0.140. The average molecular weight is 327 g/mol. The van der Waals surface area contributed by atoms with Crippen LogP contribution in [0.2, 0.25) is 4.34 Å². The minimum atomic E-state index is -0.200. The van der Waals surface area contributed by atoms with E-state index in [4.69, 9.17) is 11.6 Å². The number of thiazole rings is 1. The zero-order chi connectivity index (χ0) is 14.1. The SMILES string of the molecule is COC(=O)CCc1csc2nc(-c3csc(Cl)c3)cn12. The first kappa shape index (κ1) is 13.6. The summed E-state index contributed by atoms with van der Waals surface area (Å²) in [7, 11) is 1.40. The summed E-state index contributed by atoms with van der Waals surface area (Å²) in [5.41, 5.74) is 2.99. The number of nitrogens with zero attached hydrogens (tertiary/aromatic N) is 2. The number of rotatable bonds is 4. The molecule has 0 spiro atoms. The highest BCUT2D eigenvalue weighted by Crippen LogP contribution is 2.30. The van der Waals surface area contributed by atoms with Crippen LogP contribution in [0.4, 0.5) is 0 Å². The van der Waals surface area contributed by atoms with Crippen LogP contribution in [0.1, 0.15) is 12.1 Å². The first-order chi connectivity index (χ1) is 9.67. The third kappa shape index (κ3) is 2.59. The first-order valence-electron chi connectivity index (χ1n) is 5.94. The van der Waals surface area contributed by atoms with Crippen molar-refractivity contribution in [2.75, 3.05) is 7.11 Å². The molecule has 0 unspecified atom stereocenters. The Labute approximate surface area is 128 Å². The summed E-state index contributed by atoms with van der Waals surface area (Å²) >= 11 is 9.01. The molecule has 3 aromatic rings. The van der Waals surface area contributed by atoms with Crippen molar-refractivity contribution < 1.29 is 9.53 Å². The van der Waals surface area contributed by atoms with Gasteiger partial charge in [0.2, 0.25) is 0 Å². The molecule has 0 atom stereocenters. The zero-order valence-electron chi connectivity index (χ0n) is 10.6. The quantitative estimate of drug-likeness (QED) is 0.683. The molecule has 3 aromatic heterocycles. The Kier molecular flexibility index (Phi) is 3.78. The van der Waals surface area contributed by atoms with Crippen LogP contribution in [0.25, 0.3) is 16.2 Å². The van der Waals surface area contributed by atoms with Gasteiger partial charge in [-0.25, -0.2) is 4.98 Å². The van der Waals surface area contributed by atoms with Gasteiger partial charge in [0.05, 0.1) is 23.6 Å². The molecule has 0 aliphatic heterocycles. The van der Waals surface area contributed by atoms with E-state index in [1.54, 1.807) is 11.3 Å². The molecule has 0 fully saturated rings. The number of carbonyl (C=O) groups is 1. The molecule has 3 rings (SSSR count). The first-order valence-corrected chi connectivity index (χ1v) is 8.08. The molecule has 3 heterocycles. The highest BCUT2D eigenvalue weighted by Gasteiger charge is 2.12. The van der Waals surface area contributed by atoms with Gasteiger partial charge in [-0.2, -0.15) is 0 Å². The molecule has 0 aliphatic rings. The Bertz CT molecular complexity index is 759. The second kappa shape index (κ2) is 5.55. The number of fused-ring (bicyclic) bond motifs is 1. The van der Waals surface area contributed by atoms with Crippen LogP contribution in [-0.2, 0) is 16.0 Å². The van der Waals surface area contributed by atoms with Gasteiger partial charge in [0, 0.05) is 28.2 Å². The Morgan fingerprint density at radius 1 is 1.45 bits per heavy atom. The van der Waals surface area contributed by atoms with Crippen molar-refractivity contribution in [1.82, 2.24) is 9.38 Å². The molecule has 0 saturated heterocycles. The highest BCUT2D eigenvalue weighted by atomic mass is 35.5. The number of ether oxygens (including phenoxy) is 1. The summed E-state index contributed by atoms with van der Waals surface area (Å²) in [6.07, 6.45) is 3.00. The van der Waals surface area contributed by atoms with Gasteiger partial charge in [-0.05, 0) is 12.5 Å². The van der Waals surface area contributed by atoms with Crippen LogP contribution in [0.5, 0.6) is 0 Å². The fourth-order valence-electron chi connectivity index (χ4n) is 1.92. The number of hydrogen-bond donors (Lipinski definition) is 0. The highest BCUT2D eigenvalue weighted by molar-refractivity contribution is 7.15. The maximum Gasteiger partial charge on any atom is 0.305 e. The van der Waals surface area contributed by atoms with Gasteiger partial charge < -0.3 is 4.74 Å². The second-order valence-corrected chi connectivity index (χ2v) is 6.60. The van der Waals surface area contributed by atoms with Crippen molar-refractivity contribution in [3.63, 3.8) is 0 Å². The number of aryl methyl sites for hydroxylation is 1. The van der Waals surface area contributed by atoms with Gasteiger partial charge in [0.15, 0.2) is 4.96 Å². The van der Waals surface area contributed by atoms with Crippen LogP contribution in [0, 0.1) is 0 Å². The molecule has 0 aromatic carbocycles. The lowest BCUT2D eigenvalue weighted by Gasteiger charge is -1.98. The summed E-state index contributed by atoms with van der Waals surface area (Å²) in [5.74, 6) is -0.200. The predicted octanol–water partition coefficient (Wildman–Crippen LogP) is 3.88. The molecule has 20 heavy (non-hydrogen) atoms. The second-order valence-electron chi connectivity index (χ2n) is 4.22. The molecule has 7 heteroatoms. The largest absolute Gasteiger partial charge is 0.469 e. The third-order valence-electron chi connectivity index (χ3n) is 2.96. The molecule has 4 nitrogen and oxygen atoms in total. The number of hydrogen-bond acceptors (Lipinski definition) is 5. The van der Waals surface area contributed by atoms with E-state index in [1.165, 1.54) is 18.4 Å². The van der Waals surface area contributed by atoms with Crippen molar-refractivity contribution in [2.24, 2.45) is 0 Å².